The topological polar surface area (TPSA) is 80.1 Å². The van der Waals surface area contributed by atoms with Crippen LogP contribution in [0.5, 0.6) is 0 Å². The summed E-state index contributed by atoms with van der Waals surface area (Å²) < 4.78 is 4.05. The fraction of sp³-hybridized carbons (Fsp3) is 0.0625. The molecule has 0 aliphatic carbocycles. The van der Waals surface area contributed by atoms with Gasteiger partial charge in [-0.25, -0.2) is 0 Å². The first-order chi connectivity index (χ1) is 18.9. The normalized spacial score (nSPS) is 11.0. The largest absolute Gasteiger partial charge is 0.356 e. The molecular weight excluding hydrogens is 486 g/mol. The van der Waals surface area contributed by atoms with Gasteiger partial charge in [-0.3, -0.25) is 9.59 Å². The number of hydrogen-bond donors (Lipinski definition) is 3. The van der Waals surface area contributed by atoms with Crippen molar-refractivity contribution in [2.24, 2.45) is 14.1 Å². The number of carbonyl (C=O) groups excluding carboxylic acids is 2. The number of amides is 2. The van der Waals surface area contributed by atoms with Crippen LogP contribution in [0.15, 0.2) is 109 Å². The number of aromatic nitrogens is 2. The predicted octanol–water partition coefficient (Wildman–Crippen LogP) is 6.92. The van der Waals surface area contributed by atoms with Gasteiger partial charge in [-0.05, 0) is 97.1 Å². The van der Waals surface area contributed by atoms with Crippen LogP contribution < -0.4 is 16.0 Å². The Labute approximate surface area is 225 Å². The van der Waals surface area contributed by atoms with Crippen LogP contribution in [0.3, 0.4) is 0 Å². The number of fused-ring (bicyclic) bond motifs is 2. The summed E-state index contributed by atoms with van der Waals surface area (Å²) in [6, 6.07) is 30.4. The van der Waals surface area contributed by atoms with Gasteiger partial charge < -0.3 is 25.1 Å². The molecule has 0 spiro atoms. The number of carbonyl (C=O) groups is 2. The van der Waals surface area contributed by atoms with Crippen molar-refractivity contribution in [2.75, 3.05) is 16.0 Å². The van der Waals surface area contributed by atoms with Crippen LogP contribution in [0, 0.1) is 0 Å². The van der Waals surface area contributed by atoms with Gasteiger partial charge in [-0.15, -0.1) is 0 Å². The molecule has 0 fully saturated rings. The highest BCUT2D eigenvalue weighted by Crippen LogP contribution is 2.23. The Morgan fingerprint density at radius 3 is 1.31 bits per heavy atom. The maximum atomic E-state index is 12.7. The van der Waals surface area contributed by atoms with E-state index in [4.69, 9.17) is 0 Å². The Morgan fingerprint density at radius 2 is 0.897 bits per heavy atom. The molecule has 0 aliphatic rings. The molecule has 2 amide bonds. The van der Waals surface area contributed by atoms with Crippen molar-refractivity contribution in [3.63, 3.8) is 0 Å². The van der Waals surface area contributed by atoms with Crippen LogP contribution in [-0.4, -0.2) is 20.9 Å². The highest BCUT2D eigenvalue weighted by atomic mass is 16.2. The van der Waals surface area contributed by atoms with Gasteiger partial charge in [-0.2, -0.15) is 0 Å². The highest BCUT2D eigenvalue weighted by Gasteiger charge is 2.10. The Kier molecular flexibility index (Phi) is 6.09. The number of rotatable bonds is 6. The van der Waals surface area contributed by atoms with Gasteiger partial charge in [-0.1, -0.05) is 0 Å². The second kappa shape index (κ2) is 9.87. The van der Waals surface area contributed by atoms with Crippen LogP contribution in [0.25, 0.3) is 21.8 Å². The van der Waals surface area contributed by atoms with E-state index in [1.54, 1.807) is 0 Å². The smallest absolute Gasteiger partial charge is 0.255 e. The van der Waals surface area contributed by atoms with Gasteiger partial charge in [0.05, 0.1) is 0 Å². The summed E-state index contributed by atoms with van der Waals surface area (Å²) in [6.07, 6.45) is 3.96. The van der Waals surface area contributed by atoms with E-state index in [-0.39, 0.29) is 11.8 Å². The van der Waals surface area contributed by atoms with E-state index in [2.05, 4.69) is 16.0 Å². The first-order valence-electron chi connectivity index (χ1n) is 12.6. The van der Waals surface area contributed by atoms with Gasteiger partial charge in [0.25, 0.3) is 11.8 Å². The lowest BCUT2D eigenvalue weighted by Gasteiger charge is -2.10. The first kappa shape index (κ1) is 24.1. The standard InChI is InChI=1S/C32H27N5O2/c1-36-17-15-21-19-23(3-13-29(21)36)31(38)34-27-9-5-25(6-10-27)33-26-7-11-28(12-8-26)35-32(39)24-4-14-30-22(20-24)16-18-37(30)2/h3-20,33H,1-2H3,(H,34,38)(H,35,39). The summed E-state index contributed by atoms with van der Waals surface area (Å²) >= 11 is 0. The lowest BCUT2D eigenvalue weighted by molar-refractivity contribution is 0.101. The van der Waals surface area contributed by atoms with Crippen LogP contribution in [0.2, 0.25) is 0 Å². The maximum absolute atomic E-state index is 12.7. The van der Waals surface area contributed by atoms with Gasteiger partial charge in [0, 0.05) is 82.2 Å². The van der Waals surface area contributed by atoms with E-state index in [1.807, 2.05) is 133 Å². The maximum Gasteiger partial charge on any atom is 0.255 e. The summed E-state index contributed by atoms with van der Waals surface area (Å²) in [5.41, 5.74) is 6.59. The average molecular weight is 514 g/mol. The number of benzene rings is 4. The summed E-state index contributed by atoms with van der Waals surface area (Å²) in [4.78, 5) is 25.5. The molecule has 0 aliphatic heterocycles. The Hall–Kier alpha value is -5.30. The number of nitrogens with one attached hydrogen (secondary N) is 3. The van der Waals surface area contributed by atoms with Gasteiger partial charge in [0.15, 0.2) is 0 Å². The highest BCUT2D eigenvalue weighted by molar-refractivity contribution is 6.07. The SMILES string of the molecule is Cn1ccc2cc(C(=O)Nc3ccc(Nc4ccc(NC(=O)c5ccc6c(ccn6C)c5)cc4)cc3)ccc21. The predicted molar refractivity (Wildman–Crippen MR) is 158 cm³/mol. The monoisotopic (exact) mass is 513 g/mol. The van der Waals surface area contributed by atoms with E-state index < -0.39 is 0 Å². The lowest BCUT2D eigenvalue weighted by atomic mass is 10.1. The number of aryl methyl sites for hydroxylation is 2. The van der Waals surface area contributed by atoms with Crippen molar-refractivity contribution >= 4 is 56.4 Å². The molecule has 0 saturated heterocycles. The zero-order valence-electron chi connectivity index (χ0n) is 21.6. The van der Waals surface area contributed by atoms with Crippen molar-refractivity contribution in [2.45, 2.75) is 0 Å². The van der Waals surface area contributed by atoms with Crippen LogP contribution in [0.4, 0.5) is 22.7 Å². The molecule has 2 aromatic heterocycles. The molecule has 2 heterocycles. The Morgan fingerprint density at radius 1 is 0.513 bits per heavy atom. The van der Waals surface area contributed by atoms with E-state index >= 15 is 0 Å². The average Bonchev–Trinajstić information content (AvgIpc) is 3.52. The van der Waals surface area contributed by atoms with Crippen molar-refractivity contribution in [1.29, 1.82) is 0 Å². The molecule has 0 saturated carbocycles. The molecule has 0 bridgehead atoms. The summed E-state index contributed by atoms with van der Waals surface area (Å²) in [5, 5.41) is 11.3. The fourth-order valence-electron chi connectivity index (χ4n) is 4.69. The minimum absolute atomic E-state index is 0.150. The quantitative estimate of drug-likeness (QED) is 0.226. The van der Waals surface area contributed by atoms with Crippen molar-refractivity contribution in [1.82, 2.24) is 9.13 Å². The molecule has 4 aromatic carbocycles. The van der Waals surface area contributed by atoms with Gasteiger partial charge >= 0.3 is 0 Å². The van der Waals surface area contributed by atoms with E-state index in [9.17, 15) is 9.59 Å². The van der Waals surface area contributed by atoms with Crippen molar-refractivity contribution in [3.8, 4) is 0 Å². The first-order valence-corrected chi connectivity index (χ1v) is 12.6. The lowest BCUT2D eigenvalue weighted by Crippen LogP contribution is -2.11. The van der Waals surface area contributed by atoms with Crippen molar-refractivity contribution < 1.29 is 9.59 Å². The minimum Gasteiger partial charge on any atom is -0.356 e. The van der Waals surface area contributed by atoms with Crippen LogP contribution >= 0.6 is 0 Å². The molecule has 7 nitrogen and oxygen atoms in total. The number of anilines is 4. The second-order valence-electron chi connectivity index (χ2n) is 9.59. The summed E-state index contributed by atoms with van der Waals surface area (Å²) in [6.45, 7) is 0. The zero-order valence-corrected chi connectivity index (χ0v) is 21.6. The second-order valence-corrected chi connectivity index (χ2v) is 9.59. The molecule has 6 aromatic rings. The van der Waals surface area contributed by atoms with E-state index in [0.29, 0.717) is 22.5 Å². The number of nitrogens with zero attached hydrogens (tertiary/aromatic N) is 2. The molecule has 0 radical (unpaired) electrons. The third kappa shape index (κ3) is 4.98. The molecule has 3 N–H and O–H groups in total. The van der Waals surface area contributed by atoms with Gasteiger partial charge in [0.1, 0.15) is 0 Å². The summed E-state index contributed by atoms with van der Waals surface area (Å²) in [5.74, 6) is -0.300. The van der Waals surface area contributed by atoms with Crippen LogP contribution in [0.1, 0.15) is 20.7 Å². The molecule has 0 atom stereocenters. The summed E-state index contributed by atoms with van der Waals surface area (Å²) in [7, 11) is 3.97. The van der Waals surface area contributed by atoms with Gasteiger partial charge in [0.2, 0.25) is 0 Å². The van der Waals surface area contributed by atoms with Crippen molar-refractivity contribution in [3.05, 3.63) is 121 Å². The zero-order chi connectivity index (χ0) is 26.9. The molecule has 7 heteroatoms. The molecule has 0 unspecified atom stereocenters. The van der Waals surface area contributed by atoms with E-state index in [0.717, 1.165) is 33.2 Å². The van der Waals surface area contributed by atoms with Crippen LogP contribution in [-0.2, 0) is 14.1 Å². The third-order valence-electron chi connectivity index (χ3n) is 6.87. The Balaban J connectivity index is 1.06. The molecule has 39 heavy (non-hydrogen) atoms. The third-order valence-corrected chi connectivity index (χ3v) is 6.87. The molecular formula is C32H27N5O2. The molecule has 192 valence electrons. The fourth-order valence-corrected chi connectivity index (χ4v) is 4.69. The minimum atomic E-state index is -0.150. The Bertz CT molecular complexity index is 1690. The van der Waals surface area contributed by atoms with E-state index in [1.165, 1.54) is 0 Å². The number of hydrogen-bond acceptors (Lipinski definition) is 3. The molecule has 6 rings (SSSR count).